The van der Waals surface area contributed by atoms with Crippen molar-refractivity contribution in [1.82, 2.24) is 4.67 Å². The van der Waals surface area contributed by atoms with Crippen LogP contribution in [0.2, 0.25) is 0 Å². The van der Waals surface area contributed by atoms with E-state index >= 15 is 0 Å². The summed E-state index contributed by atoms with van der Waals surface area (Å²) in [5.41, 5.74) is 0. The van der Waals surface area contributed by atoms with Gasteiger partial charge < -0.3 is 0 Å². The summed E-state index contributed by atoms with van der Waals surface area (Å²) in [6.07, 6.45) is 8.92. The Hall–Kier alpha value is 0.820. The van der Waals surface area contributed by atoms with Gasteiger partial charge in [0.1, 0.15) is 0 Å². The largest absolute Gasteiger partial charge is 0.278 e. The Bertz CT molecular complexity index is 143. The summed E-state index contributed by atoms with van der Waals surface area (Å²) in [4.78, 5) is 0. The Morgan fingerprint density at radius 1 is 1.08 bits per heavy atom. The molecule has 0 aromatic rings. The molecule has 0 aromatic heterocycles. The second kappa shape index (κ2) is 4.36. The van der Waals surface area contributed by atoms with Gasteiger partial charge in [-0.15, -0.1) is 0 Å². The van der Waals surface area contributed by atoms with Gasteiger partial charge in [-0.05, 0) is 40.0 Å². The zero-order valence-electron chi connectivity index (χ0n) is 7.63. The fourth-order valence-electron chi connectivity index (χ4n) is 2.79. The summed E-state index contributed by atoms with van der Waals surface area (Å²) >= 11 is 0. The van der Waals surface area contributed by atoms with Crippen LogP contribution in [0.15, 0.2) is 0 Å². The minimum atomic E-state index is 0.961. The maximum atomic E-state index is 2.91. The molecule has 1 aliphatic carbocycles. The van der Waals surface area contributed by atoms with Gasteiger partial charge in [0.25, 0.3) is 0 Å². The van der Waals surface area contributed by atoms with Gasteiger partial charge in [0.15, 0.2) is 0 Å². The van der Waals surface area contributed by atoms with Crippen LogP contribution in [0.4, 0.5) is 0 Å². The molecule has 1 nitrogen and oxygen atoms in total. The summed E-state index contributed by atoms with van der Waals surface area (Å²) in [6, 6.07) is 0.961. The first-order valence-electron chi connectivity index (χ1n) is 5.14. The van der Waals surface area contributed by atoms with E-state index in [1.165, 1.54) is 45.1 Å². The molecule has 0 amide bonds. The third-order valence-corrected chi connectivity index (χ3v) is 5.29. The van der Waals surface area contributed by atoms with Crippen LogP contribution in [0.1, 0.15) is 38.5 Å². The molecule has 1 saturated heterocycles. The van der Waals surface area contributed by atoms with E-state index in [1.54, 1.807) is 0 Å². The quantitative estimate of drug-likeness (QED) is 0.592. The van der Waals surface area contributed by atoms with Crippen molar-refractivity contribution in [2.45, 2.75) is 44.6 Å². The third-order valence-electron chi connectivity index (χ3n) is 3.41. The molecule has 1 aliphatic heterocycles. The Kier molecular flexibility index (Phi) is 3.41. The topological polar surface area (TPSA) is 3.24 Å². The summed E-state index contributed by atoms with van der Waals surface area (Å²) in [7, 11) is 3.88. The van der Waals surface area contributed by atoms with Crippen LogP contribution in [0, 0.1) is 5.92 Å². The SMILES string of the molecule is PPN1CCCC2CCCCC21. The highest BCUT2D eigenvalue weighted by molar-refractivity contribution is 8.01. The Morgan fingerprint density at radius 2 is 1.83 bits per heavy atom. The predicted octanol–water partition coefficient (Wildman–Crippen LogP) is 3.02. The second-order valence-electron chi connectivity index (χ2n) is 4.08. The van der Waals surface area contributed by atoms with Crippen molar-refractivity contribution in [1.29, 1.82) is 0 Å². The minimum Gasteiger partial charge on any atom is -0.278 e. The predicted molar refractivity (Wildman–Crippen MR) is 59.7 cm³/mol. The summed E-state index contributed by atoms with van der Waals surface area (Å²) < 4.78 is 2.71. The summed E-state index contributed by atoms with van der Waals surface area (Å²) in [5.74, 6) is 1.06. The van der Waals surface area contributed by atoms with Crippen LogP contribution in [-0.2, 0) is 0 Å². The Labute approximate surface area is 79.6 Å². The van der Waals surface area contributed by atoms with Gasteiger partial charge in [-0.25, -0.2) is 0 Å². The number of hydrogen-bond acceptors (Lipinski definition) is 1. The van der Waals surface area contributed by atoms with Crippen LogP contribution in [0.3, 0.4) is 0 Å². The first-order chi connectivity index (χ1) is 5.92. The zero-order chi connectivity index (χ0) is 8.39. The molecule has 1 saturated carbocycles. The molecule has 1 heterocycles. The maximum absolute atomic E-state index is 2.91. The van der Waals surface area contributed by atoms with Crippen LogP contribution in [0.25, 0.3) is 0 Å². The van der Waals surface area contributed by atoms with Gasteiger partial charge in [0.2, 0.25) is 0 Å². The van der Waals surface area contributed by atoms with Crippen molar-refractivity contribution in [3.63, 3.8) is 0 Å². The van der Waals surface area contributed by atoms with Crippen LogP contribution < -0.4 is 0 Å². The van der Waals surface area contributed by atoms with Crippen molar-refractivity contribution in [2.75, 3.05) is 6.54 Å². The molecule has 2 fully saturated rings. The molecule has 70 valence electrons. The highest BCUT2D eigenvalue weighted by Gasteiger charge is 2.32. The van der Waals surface area contributed by atoms with E-state index in [0.29, 0.717) is 0 Å². The first kappa shape index (κ1) is 9.38. The van der Waals surface area contributed by atoms with Gasteiger partial charge in [-0.2, -0.15) is 0 Å². The van der Waals surface area contributed by atoms with Crippen LogP contribution >= 0.6 is 17.3 Å². The van der Waals surface area contributed by atoms with Crippen molar-refractivity contribution < 1.29 is 0 Å². The number of rotatable bonds is 1. The summed E-state index contributed by atoms with van der Waals surface area (Å²) in [6.45, 7) is 1.36. The number of hydrogen-bond donors (Lipinski definition) is 0. The van der Waals surface area contributed by atoms with Gasteiger partial charge in [0, 0.05) is 12.6 Å². The monoisotopic (exact) mass is 203 g/mol. The van der Waals surface area contributed by atoms with E-state index in [1.807, 2.05) is 0 Å². The molecule has 4 atom stereocenters. The molecule has 0 aromatic carbocycles. The van der Waals surface area contributed by atoms with Crippen LogP contribution in [0.5, 0.6) is 0 Å². The molecule has 0 bridgehead atoms. The fourth-order valence-corrected chi connectivity index (χ4v) is 4.57. The van der Waals surface area contributed by atoms with Crippen molar-refractivity contribution in [2.24, 2.45) is 5.92 Å². The van der Waals surface area contributed by atoms with Crippen molar-refractivity contribution in [3.05, 3.63) is 0 Å². The third kappa shape index (κ3) is 1.84. The molecule has 2 rings (SSSR count). The van der Waals surface area contributed by atoms with E-state index in [2.05, 4.69) is 13.6 Å². The van der Waals surface area contributed by atoms with Gasteiger partial charge in [-0.3, -0.25) is 4.67 Å². The second-order valence-corrected chi connectivity index (χ2v) is 5.68. The van der Waals surface area contributed by atoms with Gasteiger partial charge in [0.05, 0.1) is 0 Å². The molecule has 0 radical (unpaired) electrons. The average molecular weight is 203 g/mol. The van der Waals surface area contributed by atoms with E-state index < -0.39 is 0 Å². The van der Waals surface area contributed by atoms with E-state index in [-0.39, 0.29) is 0 Å². The Morgan fingerprint density at radius 3 is 2.67 bits per heavy atom. The van der Waals surface area contributed by atoms with Gasteiger partial charge in [-0.1, -0.05) is 21.8 Å². The molecule has 3 heteroatoms. The lowest BCUT2D eigenvalue weighted by Gasteiger charge is -2.43. The fraction of sp³-hybridized carbons (Fsp3) is 1.00. The molecular formula is C9H19NP2. The number of fused-ring (bicyclic) bond motifs is 1. The van der Waals surface area contributed by atoms with Gasteiger partial charge >= 0.3 is 0 Å². The molecule has 12 heavy (non-hydrogen) atoms. The lowest BCUT2D eigenvalue weighted by Crippen LogP contribution is -2.41. The highest BCUT2D eigenvalue weighted by Crippen LogP contribution is 2.42. The van der Waals surface area contributed by atoms with E-state index in [0.717, 1.165) is 20.4 Å². The Balaban J connectivity index is 1.99. The number of nitrogens with zero attached hydrogens (tertiary/aromatic N) is 1. The maximum Gasteiger partial charge on any atom is 0.0163 e. The summed E-state index contributed by atoms with van der Waals surface area (Å²) in [5, 5.41) is 0. The minimum absolute atomic E-state index is 0.961. The van der Waals surface area contributed by atoms with E-state index in [4.69, 9.17) is 0 Å². The molecular weight excluding hydrogens is 184 g/mol. The molecule has 4 unspecified atom stereocenters. The standard InChI is InChI=1S/C9H19NP2/c11-12-10-7-3-5-8-4-1-2-6-9(8)10/h8-9,12H,1-7,11H2. The average Bonchev–Trinajstić information content (AvgIpc) is 2.17. The van der Waals surface area contributed by atoms with Crippen molar-refractivity contribution in [3.8, 4) is 0 Å². The number of piperidine rings is 1. The molecule has 0 spiro atoms. The highest BCUT2D eigenvalue weighted by atomic mass is 32.0. The molecule has 2 aliphatic rings. The smallest absolute Gasteiger partial charge is 0.0163 e. The van der Waals surface area contributed by atoms with Crippen molar-refractivity contribution >= 4 is 17.3 Å². The zero-order valence-corrected chi connectivity index (χ0v) is 9.78. The lowest BCUT2D eigenvalue weighted by atomic mass is 9.79. The van der Waals surface area contributed by atoms with Crippen LogP contribution in [-0.4, -0.2) is 17.3 Å². The first-order valence-corrected chi connectivity index (χ1v) is 7.90. The lowest BCUT2D eigenvalue weighted by molar-refractivity contribution is 0.137. The normalized spacial score (nSPS) is 38.8. The molecule has 0 N–H and O–H groups in total. The van der Waals surface area contributed by atoms with E-state index in [9.17, 15) is 0 Å².